The molecule has 0 saturated heterocycles. The standard InChI is InChI=1S/C8H14N2/c1-8(2,3)7-5-4-6-9-10-7/h4-7,10H,1-3H3. The number of hydrogen-bond acceptors (Lipinski definition) is 2. The summed E-state index contributed by atoms with van der Waals surface area (Å²) in [6.07, 6.45) is 5.88. The fourth-order valence-electron chi connectivity index (χ4n) is 0.853. The van der Waals surface area contributed by atoms with Gasteiger partial charge in [0.15, 0.2) is 0 Å². The van der Waals surface area contributed by atoms with Gasteiger partial charge < -0.3 is 5.43 Å². The Labute approximate surface area is 62.0 Å². The minimum Gasteiger partial charge on any atom is -0.303 e. The van der Waals surface area contributed by atoms with Crippen LogP contribution >= 0.6 is 0 Å². The molecule has 2 nitrogen and oxygen atoms in total. The van der Waals surface area contributed by atoms with E-state index >= 15 is 0 Å². The molecule has 0 aromatic heterocycles. The van der Waals surface area contributed by atoms with Crippen molar-refractivity contribution in [3.8, 4) is 0 Å². The lowest BCUT2D eigenvalue weighted by Crippen LogP contribution is -2.36. The molecule has 0 radical (unpaired) electrons. The third-order valence-electron chi connectivity index (χ3n) is 1.61. The zero-order chi connectivity index (χ0) is 7.61. The topological polar surface area (TPSA) is 24.4 Å². The van der Waals surface area contributed by atoms with E-state index in [4.69, 9.17) is 0 Å². The Kier molecular flexibility index (Phi) is 1.79. The average molecular weight is 138 g/mol. The molecule has 2 heteroatoms. The fraction of sp³-hybridized carbons (Fsp3) is 0.625. The Balaban J connectivity index is 2.60. The molecular formula is C8H14N2. The Morgan fingerprint density at radius 2 is 2.10 bits per heavy atom. The van der Waals surface area contributed by atoms with Gasteiger partial charge in [-0.1, -0.05) is 26.8 Å². The molecule has 1 rings (SSSR count). The second kappa shape index (κ2) is 2.45. The van der Waals surface area contributed by atoms with Crippen molar-refractivity contribution >= 4 is 6.21 Å². The number of hydrogen-bond donors (Lipinski definition) is 1. The fourth-order valence-corrected chi connectivity index (χ4v) is 0.853. The van der Waals surface area contributed by atoms with Crippen LogP contribution in [0.2, 0.25) is 0 Å². The molecule has 0 spiro atoms. The maximum Gasteiger partial charge on any atom is 0.0672 e. The van der Waals surface area contributed by atoms with Gasteiger partial charge in [-0.3, -0.25) is 0 Å². The number of allylic oxidation sites excluding steroid dienone is 1. The Hall–Kier alpha value is -0.790. The monoisotopic (exact) mass is 138 g/mol. The molecule has 0 aromatic carbocycles. The molecule has 0 amide bonds. The zero-order valence-corrected chi connectivity index (χ0v) is 6.76. The molecule has 0 bridgehead atoms. The van der Waals surface area contributed by atoms with Gasteiger partial charge in [0.05, 0.1) is 6.04 Å². The quantitative estimate of drug-likeness (QED) is 0.539. The van der Waals surface area contributed by atoms with E-state index in [1.165, 1.54) is 0 Å². The van der Waals surface area contributed by atoms with Gasteiger partial charge in [-0.25, -0.2) is 0 Å². The van der Waals surface area contributed by atoms with E-state index in [1.807, 2.05) is 6.08 Å². The van der Waals surface area contributed by atoms with Gasteiger partial charge in [0.2, 0.25) is 0 Å². The van der Waals surface area contributed by atoms with Crippen molar-refractivity contribution in [2.24, 2.45) is 10.5 Å². The molecule has 1 aliphatic rings. The van der Waals surface area contributed by atoms with E-state index in [2.05, 4.69) is 37.4 Å². The smallest absolute Gasteiger partial charge is 0.0672 e. The minimum absolute atomic E-state index is 0.258. The molecule has 1 heterocycles. The highest BCUT2D eigenvalue weighted by Gasteiger charge is 2.21. The third-order valence-corrected chi connectivity index (χ3v) is 1.61. The van der Waals surface area contributed by atoms with Crippen molar-refractivity contribution in [3.05, 3.63) is 12.2 Å². The molecule has 1 aliphatic heterocycles. The average Bonchev–Trinajstić information content (AvgIpc) is 1.88. The van der Waals surface area contributed by atoms with E-state index in [0.717, 1.165) is 0 Å². The first-order chi connectivity index (χ1) is 4.61. The summed E-state index contributed by atoms with van der Waals surface area (Å²) >= 11 is 0. The summed E-state index contributed by atoms with van der Waals surface area (Å²) in [5.41, 5.74) is 3.30. The van der Waals surface area contributed by atoms with E-state index < -0.39 is 0 Å². The minimum atomic E-state index is 0.258. The first-order valence-electron chi connectivity index (χ1n) is 3.56. The molecular weight excluding hydrogens is 124 g/mol. The molecule has 0 aliphatic carbocycles. The van der Waals surface area contributed by atoms with Gasteiger partial charge in [0.25, 0.3) is 0 Å². The van der Waals surface area contributed by atoms with Crippen molar-refractivity contribution in [3.63, 3.8) is 0 Å². The number of rotatable bonds is 0. The summed E-state index contributed by atoms with van der Waals surface area (Å²) in [6.45, 7) is 6.57. The maximum absolute atomic E-state index is 3.96. The Morgan fingerprint density at radius 3 is 2.40 bits per heavy atom. The Morgan fingerprint density at radius 1 is 1.40 bits per heavy atom. The SMILES string of the molecule is CC(C)(C)C1C=CC=NN1. The second-order valence-electron chi connectivity index (χ2n) is 3.64. The molecule has 0 fully saturated rings. The van der Waals surface area contributed by atoms with Crippen LogP contribution < -0.4 is 5.43 Å². The van der Waals surface area contributed by atoms with Crippen molar-refractivity contribution in [1.82, 2.24) is 5.43 Å². The van der Waals surface area contributed by atoms with E-state index in [0.29, 0.717) is 6.04 Å². The lowest BCUT2D eigenvalue weighted by molar-refractivity contribution is 0.317. The third kappa shape index (κ3) is 1.59. The van der Waals surface area contributed by atoms with Crippen LogP contribution in [-0.2, 0) is 0 Å². The number of nitrogens with one attached hydrogen (secondary N) is 1. The summed E-state index contributed by atoms with van der Waals surface area (Å²) in [5.74, 6) is 0. The summed E-state index contributed by atoms with van der Waals surface area (Å²) in [4.78, 5) is 0. The summed E-state index contributed by atoms with van der Waals surface area (Å²) in [7, 11) is 0. The second-order valence-corrected chi connectivity index (χ2v) is 3.64. The van der Waals surface area contributed by atoms with Crippen LogP contribution in [0.25, 0.3) is 0 Å². The Bertz CT molecular complexity index is 163. The van der Waals surface area contributed by atoms with Gasteiger partial charge in [-0.2, -0.15) is 5.10 Å². The van der Waals surface area contributed by atoms with Crippen LogP contribution in [-0.4, -0.2) is 12.3 Å². The molecule has 56 valence electrons. The summed E-state index contributed by atoms with van der Waals surface area (Å²) in [5, 5.41) is 3.96. The lowest BCUT2D eigenvalue weighted by atomic mass is 9.87. The highest BCUT2D eigenvalue weighted by Crippen LogP contribution is 2.20. The highest BCUT2D eigenvalue weighted by molar-refractivity contribution is 5.71. The molecule has 10 heavy (non-hydrogen) atoms. The van der Waals surface area contributed by atoms with E-state index in [-0.39, 0.29) is 5.41 Å². The van der Waals surface area contributed by atoms with Crippen LogP contribution in [0.5, 0.6) is 0 Å². The van der Waals surface area contributed by atoms with Gasteiger partial charge in [-0.05, 0) is 11.5 Å². The van der Waals surface area contributed by atoms with Crippen molar-refractivity contribution < 1.29 is 0 Å². The molecule has 1 N–H and O–H groups in total. The van der Waals surface area contributed by atoms with Crippen LogP contribution in [0.1, 0.15) is 20.8 Å². The zero-order valence-electron chi connectivity index (χ0n) is 6.76. The predicted molar refractivity (Wildman–Crippen MR) is 44.0 cm³/mol. The highest BCUT2D eigenvalue weighted by atomic mass is 15.3. The molecule has 0 saturated carbocycles. The van der Waals surface area contributed by atoms with Crippen LogP contribution in [0.3, 0.4) is 0 Å². The van der Waals surface area contributed by atoms with Gasteiger partial charge in [0.1, 0.15) is 0 Å². The van der Waals surface area contributed by atoms with Crippen molar-refractivity contribution in [2.45, 2.75) is 26.8 Å². The van der Waals surface area contributed by atoms with Crippen LogP contribution in [0, 0.1) is 5.41 Å². The first kappa shape index (κ1) is 7.32. The van der Waals surface area contributed by atoms with Crippen LogP contribution in [0.4, 0.5) is 0 Å². The van der Waals surface area contributed by atoms with E-state index in [1.54, 1.807) is 6.21 Å². The normalized spacial score (nSPS) is 24.5. The lowest BCUT2D eigenvalue weighted by Gasteiger charge is -2.28. The van der Waals surface area contributed by atoms with Gasteiger partial charge in [0, 0.05) is 6.21 Å². The number of hydrazone groups is 1. The van der Waals surface area contributed by atoms with E-state index in [9.17, 15) is 0 Å². The summed E-state index contributed by atoms with van der Waals surface area (Å²) in [6, 6.07) is 0.373. The maximum atomic E-state index is 3.96. The summed E-state index contributed by atoms with van der Waals surface area (Å²) < 4.78 is 0. The number of nitrogens with zero attached hydrogens (tertiary/aromatic N) is 1. The molecule has 1 unspecified atom stereocenters. The van der Waals surface area contributed by atoms with Crippen molar-refractivity contribution in [1.29, 1.82) is 0 Å². The van der Waals surface area contributed by atoms with Gasteiger partial charge >= 0.3 is 0 Å². The van der Waals surface area contributed by atoms with Crippen LogP contribution in [0.15, 0.2) is 17.3 Å². The largest absolute Gasteiger partial charge is 0.303 e. The van der Waals surface area contributed by atoms with Gasteiger partial charge in [-0.15, -0.1) is 0 Å². The first-order valence-corrected chi connectivity index (χ1v) is 3.56. The van der Waals surface area contributed by atoms with Crippen molar-refractivity contribution in [2.75, 3.05) is 0 Å². The molecule has 0 aromatic rings. The molecule has 1 atom stereocenters. The predicted octanol–water partition coefficient (Wildman–Crippen LogP) is 1.55.